The molecule has 0 amide bonds. The van der Waals surface area contributed by atoms with Crippen LogP contribution in [0.2, 0.25) is 0 Å². The summed E-state index contributed by atoms with van der Waals surface area (Å²) in [7, 11) is 8.09. The molecule has 0 aliphatic rings. The van der Waals surface area contributed by atoms with Crippen LogP contribution in [0.4, 0.5) is 0 Å². The average Bonchev–Trinajstić information content (AvgIpc) is 2.45. The van der Waals surface area contributed by atoms with E-state index in [-0.39, 0.29) is 0 Å². The molecule has 2 aromatic carbocycles. The summed E-state index contributed by atoms with van der Waals surface area (Å²) in [5.41, 5.74) is 3.02. The van der Waals surface area contributed by atoms with Gasteiger partial charge in [-0.05, 0) is 23.3 Å². The van der Waals surface area contributed by atoms with E-state index in [1.165, 1.54) is 5.56 Å². The molecule has 0 aliphatic carbocycles. The molecular formula is C18H24NO2+. The van der Waals surface area contributed by atoms with Crippen molar-refractivity contribution in [3.05, 3.63) is 65.2 Å². The van der Waals surface area contributed by atoms with Gasteiger partial charge in [-0.15, -0.1) is 0 Å². The quantitative estimate of drug-likeness (QED) is 0.856. The second kappa shape index (κ2) is 6.29. The van der Waals surface area contributed by atoms with Crippen LogP contribution in [0.5, 0.6) is 5.75 Å². The zero-order chi connectivity index (χ0) is 15.5. The van der Waals surface area contributed by atoms with Crippen molar-refractivity contribution in [2.45, 2.75) is 12.6 Å². The Bertz CT molecular complexity index is 585. The molecule has 0 aliphatic heterocycles. The molecule has 1 atom stereocenters. The van der Waals surface area contributed by atoms with Crippen LogP contribution in [0.15, 0.2) is 48.5 Å². The van der Waals surface area contributed by atoms with Gasteiger partial charge in [-0.3, -0.25) is 0 Å². The topological polar surface area (TPSA) is 29.5 Å². The number of rotatable bonds is 5. The summed E-state index contributed by atoms with van der Waals surface area (Å²) in [6.45, 7) is 0.878. The van der Waals surface area contributed by atoms with Crippen molar-refractivity contribution in [3.8, 4) is 5.75 Å². The van der Waals surface area contributed by atoms with Gasteiger partial charge in [-0.25, -0.2) is 0 Å². The molecule has 0 radical (unpaired) electrons. The number of quaternary nitrogens is 1. The van der Waals surface area contributed by atoms with E-state index in [0.717, 1.165) is 27.9 Å². The van der Waals surface area contributed by atoms with E-state index in [2.05, 4.69) is 27.2 Å². The molecule has 112 valence electrons. The Morgan fingerprint density at radius 1 is 1.00 bits per heavy atom. The lowest BCUT2D eigenvalue weighted by Crippen LogP contribution is -2.33. The normalized spacial score (nSPS) is 13.0. The van der Waals surface area contributed by atoms with E-state index in [9.17, 15) is 5.11 Å². The van der Waals surface area contributed by atoms with Crippen LogP contribution < -0.4 is 4.74 Å². The number of benzene rings is 2. The van der Waals surface area contributed by atoms with Crippen LogP contribution in [-0.4, -0.2) is 37.8 Å². The smallest absolute Gasteiger partial charge is 0.118 e. The molecule has 0 heterocycles. The van der Waals surface area contributed by atoms with E-state index in [4.69, 9.17) is 4.74 Å². The Morgan fingerprint density at radius 3 is 2.19 bits per heavy atom. The number of methoxy groups -OCH3 is 1. The highest BCUT2D eigenvalue weighted by Gasteiger charge is 2.18. The van der Waals surface area contributed by atoms with Gasteiger partial charge in [0.2, 0.25) is 0 Å². The van der Waals surface area contributed by atoms with Crippen molar-refractivity contribution in [3.63, 3.8) is 0 Å². The maximum atomic E-state index is 10.7. The highest BCUT2D eigenvalue weighted by molar-refractivity contribution is 5.37. The first-order valence-corrected chi connectivity index (χ1v) is 7.11. The van der Waals surface area contributed by atoms with Crippen LogP contribution in [0.1, 0.15) is 22.8 Å². The van der Waals surface area contributed by atoms with Gasteiger partial charge >= 0.3 is 0 Å². The van der Waals surface area contributed by atoms with Gasteiger partial charge in [0.25, 0.3) is 0 Å². The largest absolute Gasteiger partial charge is 0.497 e. The molecule has 2 aromatic rings. The Balaban J connectivity index is 2.31. The first kappa shape index (κ1) is 15.5. The first-order chi connectivity index (χ1) is 9.90. The minimum atomic E-state index is -0.612. The molecule has 1 N–H and O–H groups in total. The van der Waals surface area contributed by atoms with Gasteiger partial charge in [0.05, 0.1) is 28.3 Å². The third-order valence-electron chi connectivity index (χ3n) is 3.43. The maximum Gasteiger partial charge on any atom is 0.118 e. The zero-order valence-corrected chi connectivity index (χ0v) is 13.2. The van der Waals surface area contributed by atoms with Gasteiger partial charge in [-0.2, -0.15) is 0 Å². The summed E-state index contributed by atoms with van der Waals surface area (Å²) in [5.74, 6) is 0.797. The average molecular weight is 286 g/mol. The number of hydrogen-bond acceptors (Lipinski definition) is 2. The lowest BCUT2D eigenvalue weighted by molar-refractivity contribution is -0.884. The fraction of sp³-hybridized carbons (Fsp3) is 0.333. The van der Waals surface area contributed by atoms with Crippen LogP contribution in [0.3, 0.4) is 0 Å². The zero-order valence-electron chi connectivity index (χ0n) is 13.2. The minimum Gasteiger partial charge on any atom is -0.497 e. The molecule has 0 saturated carbocycles. The molecule has 0 spiro atoms. The molecule has 0 fully saturated rings. The predicted octanol–water partition coefficient (Wildman–Crippen LogP) is 2.98. The van der Waals surface area contributed by atoms with E-state index in [0.29, 0.717) is 0 Å². The van der Waals surface area contributed by atoms with Crippen molar-refractivity contribution < 1.29 is 14.3 Å². The molecule has 3 heteroatoms. The van der Waals surface area contributed by atoms with E-state index < -0.39 is 6.10 Å². The molecular weight excluding hydrogens is 262 g/mol. The van der Waals surface area contributed by atoms with Crippen LogP contribution >= 0.6 is 0 Å². The fourth-order valence-electron chi connectivity index (χ4n) is 2.42. The van der Waals surface area contributed by atoms with Crippen molar-refractivity contribution in [1.82, 2.24) is 0 Å². The molecule has 0 aromatic heterocycles. The van der Waals surface area contributed by atoms with Crippen LogP contribution in [-0.2, 0) is 6.54 Å². The maximum absolute atomic E-state index is 10.7. The SMILES string of the molecule is COc1ccc(C(O)c2ccccc2C[N+](C)(C)C)cc1. The predicted molar refractivity (Wildman–Crippen MR) is 85.2 cm³/mol. The monoisotopic (exact) mass is 286 g/mol. The minimum absolute atomic E-state index is 0.612. The van der Waals surface area contributed by atoms with Gasteiger partial charge < -0.3 is 14.3 Å². The molecule has 2 rings (SSSR count). The molecule has 0 saturated heterocycles. The number of nitrogens with zero attached hydrogens (tertiary/aromatic N) is 1. The summed E-state index contributed by atoms with van der Waals surface area (Å²) in [6.07, 6.45) is -0.612. The van der Waals surface area contributed by atoms with Crippen molar-refractivity contribution in [2.75, 3.05) is 28.3 Å². The lowest BCUT2D eigenvalue weighted by atomic mass is 9.96. The number of ether oxygens (including phenoxy) is 1. The Labute approximate surface area is 127 Å². The van der Waals surface area contributed by atoms with Crippen molar-refractivity contribution >= 4 is 0 Å². The van der Waals surface area contributed by atoms with Gasteiger partial charge in [0, 0.05) is 5.56 Å². The summed E-state index contributed by atoms with van der Waals surface area (Å²) in [5, 5.41) is 10.7. The Kier molecular flexibility index (Phi) is 4.66. The standard InChI is InChI=1S/C18H24NO2/c1-19(2,3)13-15-7-5-6-8-17(15)18(20)14-9-11-16(21-4)12-10-14/h5-12,18,20H,13H2,1-4H3/q+1. The number of aliphatic hydroxyl groups excluding tert-OH is 1. The third-order valence-corrected chi connectivity index (χ3v) is 3.43. The molecule has 0 bridgehead atoms. The van der Waals surface area contributed by atoms with Crippen molar-refractivity contribution in [1.29, 1.82) is 0 Å². The molecule has 21 heavy (non-hydrogen) atoms. The van der Waals surface area contributed by atoms with E-state index in [1.807, 2.05) is 42.5 Å². The van der Waals surface area contributed by atoms with Gasteiger partial charge in [0.15, 0.2) is 0 Å². The third kappa shape index (κ3) is 4.06. The Morgan fingerprint density at radius 2 is 1.62 bits per heavy atom. The van der Waals surface area contributed by atoms with Crippen LogP contribution in [0, 0.1) is 0 Å². The molecule has 1 unspecified atom stereocenters. The highest BCUT2D eigenvalue weighted by atomic mass is 16.5. The van der Waals surface area contributed by atoms with E-state index >= 15 is 0 Å². The first-order valence-electron chi connectivity index (χ1n) is 7.11. The van der Waals surface area contributed by atoms with Gasteiger partial charge in [0.1, 0.15) is 18.4 Å². The second-order valence-corrected chi connectivity index (χ2v) is 6.32. The number of hydrogen-bond donors (Lipinski definition) is 1. The van der Waals surface area contributed by atoms with Crippen LogP contribution in [0.25, 0.3) is 0 Å². The van der Waals surface area contributed by atoms with Crippen molar-refractivity contribution in [2.24, 2.45) is 0 Å². The van der Waals surface area contributed by atoms with Gasteiger partial charge in [-0.1, -0.05) is 36.4 Å². The lowest BCUT2D eigenvalue weighted by Gasteiger charge is -2.26. The summed E-state index contributed by atoms with van der Waals surface area (Å²) in [4.78, 5) is 0. The second-order valence-electron chi connectivity index (χ2n) is 6.32. The van der Waals surface area contributed by atoms with E-state index in [1.54, 1.807) is 7.11 Å². The summed E-state index contributed by atoms with van der Waals surface area (Å²) < 4.78 is 5.99. The summed E-state index contributed by atoms with van der Waals surface area (Å²) >= 11 is 0. The molecule has 3 nitrogen and oxygen atoms in total. The summed E-state index contributed by atoms with van der Waals surface area (Å²) in [6, 6.07) is 15.7. The Hall–Kier alpha value is -1.84. The highest BCUT2D eigenvalue weighted by Crippen LogP contribution is 2.27. The fourth-order valence-corrected chi connectivity index (χ4v) is 2.42. The number of aliphatic hydroxyl groups is 1.